The Labute approximate surface area is 240 Å². The summed E-state index contributed by atoms with van der Waals surface area (Å²) >= 11 is 0. The summed E-state index contributed by atoms with van der Waals surface area (Å²) in [6.07, 6.45) is -6.98. The lowest BCUT2D eigenvalue weighted by Crippen LogP contribution is -2.31. The van der Waals surface area contributed by atoms with Gasteiger partial charge in [-0.3, -0.25) is 0 Å². The van der Waals surface area contributed by atoms with Crippen LogP contribution in [0, 0.1) is 0 Å². The molecule has 0 unspecified atom stereocenters. The van der Waals surface area contributed by atoms with Crippen LogP contribution in [0.1, 0.15) is 33.4 Å². The van der Waals surface area contributed by atoms with Crippen molar-refractivity contribution in [2.24, 2.45) is 0 Å². The number of hydrogen-bond donors (Lipinski definition) is 2. The second-order valence-corrected chi connectivity index (χ2v) is 10.4. The van der Waals surface area contributed by atoms with Gasteiger partial charge in [0.2, 0.25) is 0 Å². The molecule has 0 saturated carbocycles. The second kappa shape index (κ2) is 11.5. The molecule has 220 valence electrons. The van der Waals surface area contributed by atoms with Crippen LogP contribution < -0.4 is 21.3 Å². The van der Waals surface area contributed by atoms with Crippen molar-refractivity contribution in [1.29, 1.82) is 0 Å². The van der Waals surface area contributed by atoms with E-state index in [0.29, 0.717) is 24.5 Å². The van der Waals surface area contributed by atoms with Crippen molar-refractivity contribution in [2.75, 3.05) is 34.4 Å². The first-order valence-corrected chi connectivity index (χ1v) is 13.5. The number of nitrogens with two attached hydrogens (primary N) is 2. The Hall–Kier alpha value is -4.34. The summed E-state index contributed by atoms with van der Waals surface area (Å²) in [6, 6.07) is 23.3. The third-order valence-electron chi connectivity index (χ3n) is 7.65. The maximum Gasteiger partial charge on any atom is 0.416 e. The lowest BCUT2D eigenvalue weighted by molar-refractivity contribution is -0.138. The van der Waals surface area contributed by atoms with E-state index in [-0.39, 0.29) is 11.4 Å². The molecule has 0 fully saturated rings. The Morgan fingerprint density at radius 1 is 0.500 bits per heavy atom. The van der Waals surface area contributed by atoms with Gasteiger partial charge in [-0.1, -0.05) is 48.5 Å². The van der Waals surface area contributed by atoms with Crippen LogP contribution >= 0.6 is 0 Å². The number of nitrogens with zero attached hydrogens (tertiary/aromatic N) is 2. The van der Waals surface area contributed by atoms with Crippen molar-refractivity contribution in [1.82, 2.24) is 0 Å². The van der Waals surface area contributed by atoms with Gasteiger partial charge in [0.05, 0.1) is 33.9 Å². The molecule has 4 aromatic rings. The molecule has 0 radical (unpaired) electrons. The summed E-state index contributed by atoms with van der Waals surface area (Å²) < 4.78 is 76.0. The van der Waals surface area contributed by atoms with E-state index in [0.717, 1.165) is 50.2 Å². The van der Waals surface area contributed by atoms with Gasteiger partial charge >= 0.3 is 12.4 Å². The van der Waals surface area contributed by atoms with E-state index >= 15 is 0 Å². The Balaban J connectivity index is 0.000000168. The van der Waals surface area contributed by atoms with Gasteiger partial charge in [-0.25, -0.2) is 0 Å². The van der Waals surface area contributed by atoms with Gasteiger partial charge in [-0.15, -0.1) is 0 Å². The fourth-order valence-electron chi connectivity index (χ4n) is 5.44. The number of nitrogen functional groups attached to an aromatic ring is 2. The second-order valence-electron chi connectivity index (χ2n) is 10.4. The lowest BCUT2D eigenvalue weighted by atomic mass is 9.99. The van der Waals surface area contributed by atoms with E-state index in [1.807, 2.05) is 46.2 Å². The van der Waals surface area contributed by atoms with Gasteiger partial charge in [-0.2, -0.15) is 26.3 Å². The molecular formula is C32H30F6N4. The third kappa shape index (κ3) is 6.42. The Morgan fingerprint density at radius 3 is 1.19 bits per heavy atom. The van der Waals surface area contributed by atoms with Gasteiger partial charge in [0.25, 0.3) is 0 Å². The first kappa shape index (κ1) is 29.2. The monoisotopic (exact) mass is 584 g/mol. The predicted molar refractivity (Wildman–Crippen MR) is 154 cm³/mol. The van der Waals surface area contributed by atoms with Crippen molar-refractivity contribution in [3.63, 3.8) is 0 Å². The number of rotatable bonds is 2. The SMILES string of the molecule is Nc1cc(C(F)(F)F)ccc1N1CCc2ccccc2C1.Nc1cc(C(F)(F)F)ccc1N1CCc2ccccc2C1. The maximum atomic E-state index is 12.7. The number of benzene rings is 4. The lowest BCUT2D eigenvalue weighted by Gasteiger charge is -2.31. The molecule has 0 saturated heterocycles. The summed E-state index contributed by atoms with van der Waals surface area (Å²) in [6.45, 7) is 2.86. The highest BCUT2D eigenvalue weighted by atomic mass is 19.4. The third-order valence-corrected chi connectivity index (χ3v) is 7.65. The minimum absolute atomic E-state index is 0.171. The zero-order valence-corrected chi connectivity index (χ0v) is 22.6. The molecule has 6 rings (SSSR count). The summed E-state index contributed by atoms with van der Waals surface area (Å²) in [5.74, 6) is 0. The van der Waals surface area contributed by atoms with Gasteiger partial charge in [0.15, 0.2) is 0 Å². The van der Waals surface area contributed by atoms with E-state index < -0.39 is 23.5 Å². The Morgan fingerprint density at radius 2 is 0.857 bits per heavy atom. The minimum atomic E-state index is -4.36. The number of fused-ring (bicyclic) bond motifs is 2. The summed E-state index contributed by atoms with van der Waals surface area (Å²) in [4.78, 5) is 4.05. The Kier molecular flexibility index (Phi) is 7.99. The van der Waals surface area contributed by atoms with Crippen molar-refractivity contribution < 1.29 is 26.3 Å². The molecule has 0 atom stereocenters. The average molecular weight is 585 g/mol. The molecule has 0 amide bonds. The molecule has 4 aromatic carbocycles. The van der Waals surface area contributed by atoms with Crippen LogP contribution in [0.15, 0.2) is 84.9 Å². The standard InChI is InChI=1S/2C16H15F3N2/c2*17-16(18,19)13-5-6-15(14(20)9-13)21-8-7-11-3-1-2-4-12(11)10-21/h2*1-6,9H,7-8,10,20H2. The molecule has 4 nitrogen and oxygen atoms in total. The highest BCUT2D eigenvalue weighted by Gasteiger charge is 2.32. The highest BCUT2D eigenvalue weighted by Crippen LogP contribution is 2.37. The van der Waals surface area contributed by atoms with E-state index in [2.05, 4.69) is 12.1 Å². The quantitative estimate of drug-likeness (QED) is 0.187. The van der Waals surface area contributed by atoms with Crippen molar-refractivity contribution in [3.05, 3.63) is 118 Å². The first-order chi connectivity index (χ1) is 19.9. The molecule has 0 bridgehead atoms. The number of alkyl halides is 6. The number of anilines is 4. The zero-order valence-electron chi connectivity index (χ0n) is 22.6. The van der Waals surface area contributed by atoms with Crippen LogP contribution in [0.25, 0.3) is 0 Å². The molecule has 2 heterocycles. The van der Waals surface area contributed by atoms with Gasteiger partial charge in [-0.05, 0) is 71.5 Å². The summed E-state index contributed by atoms with van der Waals surface area (Å²) in [5, 5.41) is 0. The van der Waals surface area contributed by atoms with Crippen molar-refractivity contribution >= 4 is 22.7 Å². The zero-order chi connectivity index (χ0) is 30.1. The molecule has 0 aliphatic carbocycles. The molecule has 2 aliphatic rings. The first-order valence-electron chi connectivity index (χ1n) is 13.5. The van der Waals surface area contributed by atoms with Crippen molar-refractivity contribution in [3.8, 4) is 0 Å². The maximum absolute atomic E-state index is 12.7. The molecule has 2 aliphatic heterocycles. The molecule has 10 heteroatoms. The Bertz CT molecular complexity index is 1450. The van der Waals surface area contributed by atoms with Crippen LogP contribution in [-0.4, -0.2) is 13.1 Å². The summed E-state index contributed by atoms with van der Waals surface area (Å²) in [7, 11) is 0. The molecule has 42 heavy (non-hydrogen) atoms. The topological polar surface area (TPSA) is 58.5 Å². The van der Waals surface area contributed by atoms with E-state index in [4.69, 9.17) is 11.5 Å². The largest absolute Gasteiger partial charge is 0.416 e. The van der Waals surface area contributed by atoms with Crippen LogP contribution in [0.3, 0.4) is 0 Å². The predicted octanol–water partition coefficient (Wildman–Crippen LogP) is 7.70. The van der Waals surface area contributed by atoms with Gasteiger partial charge in [0.1, 0.15) is 0 Å². The van der Waals surface area contributed by atoms with Crippen LogP contribution in [0.2, 0.25) is 0 Å². The fourth-order valence-corrected chi connectivity index (χ4v) is 5.44. The van der Waals surface area contributed by atoms with Crippen LogP contribution in [-0.2, 0) is 38.3 Å². The summed E-state index contributed by atoms with van der Waals surface area (Å²) in [5.41, 5.74) is 16.9. The molecular weight excluding hydrogens is 554 g/mol. The molecule has 0 spiro atoms. The number of halogens is 6. The smallest absolute Gasteiger partial charge is 0.397 e. The number of hydrogen-bond acceptors (Lipinski definition) is 4. The fraction of sp³-hybridized carbons (Fsp3) is 0.250. The minimum Gasteiger partial charge on any atom is -0.397 e. The normalized spacial score (nSPS) is 14.9. The van der Waals surface area contributed by atoms with Gasteiger partial charge < -0.3 is 21.3 Å². The van der Waals surface area contributed by atoms with E-state index in [1.54, 1.807) is 0 Å². The average Bonchev–Trinajstić information content (AvgIpc) is 2.96. The molecule has 4 N–H and O–H groups in total. The van der Waals surface area contributed by atoms with E-state index in [1.165, 1.54) is 34.4 Å². The molecule has 0 aromatic heterocycles. The van der Waals surface area contributed by atoms with Gasteiger partial charge in [0, 0.05) is 26.2 Å². The van der Waals surface area contributed by atoms with Crippen LogP contribution in [0.5, 0.6) is 0 Å². The van der Waals surface area contributed by atoms with Crippen molar-refractivity contribution in [2.45, 2.75) is 38.3 Å². The van der Waals surface area contributed by atoms with E-state index in [9.17, 15) is 26.3 Å². The highest BCUT2D eigenvalue weighted by molar-refractivity contribution is 5.70. The van der Waals surface area contributed by atoms with Crippen LogP contribution in [0.4, 0.5) is 49.1 Å².